The summed E-state index contributed by atoms with van der Waals surface area (Å²) in [6.45, 7) is 3.05. The quantitative estimate of drug-likeness (QED) is 0.727. The minimum absolute atomic E-state index is 0.711. The molecule has 2 aromatic heterocycles. The molecule has 25 heavy (non-hydrogen) atoms. The Balaban J connectivity index is 1.59. The van der Waals surface area contributed by atoms with Gasteiger partial charge in [0.15, 0.2) is 0 Å². The first-order chi connectivity index (χ1) is 12.3. The van der Waals surface area contributed by atoms with Crippen molar-refractivity contribution in [1.82, 2.24) is 19.7 Å². The van der Waals surface area contributed by atoms with Gasteiger partial charge in [-0.3, -0.25) is 0 Å². The van der Waals surface area contributed by atoms with Gasteiger partial charge in [0.1, 0.15) is 5.75 Å². The smallest absolute Gasteiger partial charge is 0.226 e. The van der Waals surface area contributed by atoms with Gasteiger partial charge in [-0.1, -0.05) is 0 Å². The second kappa shape index (κ2) is 6.90. The molecule has 7 nitrogen and oxygen atoms in total. The molecule has 1 saturated heterocycles. The molecule has 0 bridgehead atoms. The highest BCUT2D eigenvalue weighted by Crippen LogP contribution is 2.21. The van der Waals surface area contributed by atoms with Crippen LogP contribution in [-0.4, -0.2) is 53.2 Å². The van der Waals surface area contributed by atoms with Crippen molar-refractivity contribution < 1.29 is 9.47 Å². The highest BCUT2D eigenvalue weighted by molar-refractivity contribution is 5.59. The highest BCUT2D eigenvalue weighted by Gasteiger charge is 2.15. The Kier molecular flexibility index (Phi) is 4.30. The van der Waals surface area contributed by atoms with Crippen molar-refractivity contribution in [2.75, 3.05) is 38.3 Å². The van der Waals surface area contributed by atoms with E-state index in [0.29, 0.717) is 13.2 Å². The predicted octanol–water partition coefficient (Wildman–Crippen LogP) is 2.17. The molecule has 0 atom stereocenters. The highest BCUT2D eigenvalue weighted by atomic mass is 16.5. The van der Waals surface area contributed by atoms with Gasteiger partial charge in [0, 0.05) is 31.0 Å². The Hall–Kier alpha value is -2.93. The van der Waals surface area contributed by atoms with E-state index in [1.807, 2.05) is 47.4 Å². The molecule has 0 unspecified atom stereocenters. The Morgan fingerprint density at radius 3 is 2.64 bits per heavy atom. The minimum atomic E-state index is 0.711. The largest absolute Gasteiger partial charge is 0.497 e. The fourth-order valence-corrected chi connectivity index (χ4v) is 2.76. The van der Waals surface area contributed by atoms with Crippen LogP contribution in [0.25, 0.3) is 16.9 Å². The Morgan fingerprint density at radius 2 is 1.88 bits per heavy atom. The normalized spacial score (nSPS) is 14.5. The molecule has 0 spiro atoms. The van der Waals surface area contributed by atoms with E-state index in [9.17, 15) is 0 Å². The molecule has 1 aromatic carbocycles. The van der Waals surface area contributed by atoms with Crippen molar-refractivity contribution in [2.45, 2.75) is 0 Å². The van der Waals surface area contributed by atoms with E-state index >= 15 is 0 Å². The topological polar surface area (TPSA) is 65.3 Å². The molecule has 0 amide bonds. The molecular weight excluding hydrogens is 318 g/mol. The number of benzene rings is 1. The summed E-state index contributed by atoms with van der Waals surface area (Å²) in [5.41, 5.74) is 2.78. The van der Waals surface area contributed by atoms with Crippen LogP contribution in [-0.2, 0) is 4.74 Å². The summed E-state index contributed by atoms with van der Waals surface area (Å²) in [6, 6.07) is 9.67. The fourth-order valence-electron chi connectivity index (χ4n) is 2.76. The zero-order valence-corrected chi connectivity index (χ0v) is 14.0. The number of morpholine rings is 1. The third-order valence-electron chi connectivity index (χ3n) is 4.15. The Labute approximate surface area is 145 Å². The summed E-state index contributed by atoms with van der Waals surface area (Å²) in [5, 5.41) is 4.44. The van der Waals surface area contributed by atoms with Gasteiger partial charge in [0.25, 0.3) is 0 Å². The van der Waals surface area contributed by atoms with Gasteiger partial charge >= 0.3 is 0 Å². The van der Waals surface area contributed by atoms with Crippen molar-refractivity contribution in [3.05, 3.63) is 48.9 Å². The van der Waals surface area contributed by atoms with Gasteiger partial charge in [-0.05, 0) is 30.3 Å². The number of anilines is 1. The Bertz CT molecular complexity index is 841. The van der Waals surface area contributed by atoms with Gasteiger partial charge in [-0.15, -0.1) is 0 Å². The van der Waals surface area contributed by atoms with E-state index in [-0.39, 0.29) is 0 Å². The molecule has 0 saturated carbocycles. The molecule has 0 radical (unpaired) electrons. The van der Waals surface area contributed by atoms with Crippen LogP contribution >= 0.6 is 0 Å². The first-order valence-electron chi connectivity index (χ1n) is 8.19. The average molecular weight is 337 g/mol. The average Bonchev–Trinajstić information content (AvgIpc) is 3.19. The van der Waals surface area contributed by atoms with E-state index in [2.05, 4.69) is 20.0 Å². The van der Waals surface area contributed by atoms with Gasteiger partial charge in [0.2, 0.25) is 5.95 Å². The monoisotopic (exact) mass is 337 g/mol. The lowest BCUT2D eigenvalue weighted by molar-refractivity contribution is 0.122. The number of aromatic nitrogens is 4. The molecule has 0 N–H and O–H groups in total. The molecule has 3 aromatic rings. The van der Waals surface area contributed by atoms with Gasteiger partial charge in [-0.25, -0.2) is 14.6 Å². The third kappa shape index (κ3) is 3.32. The van der Waals surface area contributed by atoms with E-state index in [0.717, 1.165) is 41.7 Å². The van der Waals surface area contributed by atoms with Crippen molar-refractivity contribution >= 4 is 5.95 Å². The summed E-state index contributed by atoms with van der Waals surface area (Å²) < 4.78 is 12.4. The molecular formula is C18H19N5O2. The number of ether oxygens (including phenoxy) is 2. The summed E-state index contributed by atoms with van der Waals surface area (Å²) in [5.74, 6) is 1.56. The summed E-state index contributed by atoms with van der Waals surface area (Å²) in [7, 11) is 1.65. The summed E-state index contributed by atoms with van der Waals surface area (Å²) >= 11 is 0. The summed E-state index contributed by atoms with van der Waals surface area (Å²) in [6.07, 6.45) is 5.57. The fraction of sp³-hybridized carbons (Fsp3) is 0.278. The second-order valence-electron chi connectivity index (χ2n) is 5.71. The molecule has 3 heterocycles. The van der Waals surface area contributed by atoms with E-state index in [1.54, 1.807) is 13.3 Å². The first kappa shape index (κ1) is 15.6. The summed E-state index contributed by atoms with van der Waals surface area (Å²) in [4.78, 5) is 11.2. The lowest BCUT2D eigenvalue weighted by Gasteiger charge is -2.26. The van der Waals surface area contributed by atoms with Crippen LogP contribution in [0.4, 0.5) is 5.95 Å². The standard InChI is InChI=1S/C18H19N5O2/c1-24-16-4-2-15(3-5-16)23-13-14(12-20-23)17-6-7-19-18(21-17)22-8-10-25-11-9-22/h2-7,12-13H,8-11H2,1H3. The SMILES string of the molecule is COc1ccc(-n2cc(-c3ccnc(N4CCOCC4)n3)cn2)cc1. The van der Waals surface area contributed by atoms with Crippen LogP contribution in [0.5, 0.6) is 5.75 Å². The zero-order valence-electron chi connectivity index (χ0n) is 14.0. The van der Waals surface area contributed by atoms with Crippen LogP contribution in [0.15, 0.2) is 48.9 Å². The van der Waals surface area contributed by atoms with E-state index in [1.165, 1.54) is 0 Å². The predicted molar refractivity (Wildman–Crippen MR) is 94.2 cm³/mol. The second-order valence-corrected chi connectivity index (χ2v) is 5.71. The van der Waals surface area contributed by atoms with Crippen molar-refractivity contribution in [3.8, 4) is 22.7 Å². The molecule has 128 valence electrons. The van der Waals surface area contributed by atoms with Crippen LogP contribution in [0, 0.1) is 0 Å². The zero-order chi connectivity index (χ0) is 17.1. The van der Waals surface area contributed by atoms with Gasteiger partial charge in [0.05, 0.1) is 37.9 Å². The maximum Gasteiger partial charge on any atom is 0.226 e. The van der Waals surface area contributed by atoms with Crippen molar-refractivity contribution in [3.63, 3.8) is 0 Å². The number of nitrogens with zero attached hydrogens (tertiary/aromatic N) is 5. The lowest BCUT2D eigenvalue weighted by Crippen LogP contribution is -2.37. The van der Waals surface area contributed by atoms with Crippen LogP contribution < -0.4 is 9.64 Å². The maximum atomic E-state index is 5.39. The van der Waals surface area contributed by atoms with Crippen molar-refractivity contribution in [1.29, 1.82) is 0 Å². The minimum Gasteiger partial charge on any atom is -0.497 e. The van der Waals surface area contributed by atoms with E-state index in [4.69, 9.17) is 9.47 Å². The molecule has 1 fully saturated rings. The third-order valence-corrected chi connectivity index (χ3v) is 4.15. The molecule has 7 heteroatoms. The lowest BCUT2D eigenvalue weighted by atomic mass is 10.2. The van der Waals surface area contributed by atoms with Crippen molar-refractivity contribution in [2.24, 2.45) is 0 Å². The molecule has 4 rings (SSSR count). The van der Waals surface area contributed by atoms with Crippen LogP contribution in [0.3, 0.4) is 0 Å². The molecule has 1 aliphatic rings. The Morgan fingerprint density at radius 1 is 1.08 bits per heavy atom. The van der Waals surface area contributed by atoms with Gasteiger partial charge < -0.3 is 14.4 Å². The van der Waals surface area contributed by atoms with Crippen LogP contribution in [0.1, 0.15) is 0 Å². The number of rotatable bonds is 4. The number of hydrogen-bond acceptors (Lipinski definition) is 6. The molecule has 1 aliphatic heterocycles. The maximum absolute atomic E-state index is 5.39. The number of methoxy groups -OCH3 is 1. The van der Waals surface area contributed by atoms with E-state index < -0.39 is 0 Å². The number of hydrogen-bond donors (Lipinski definition) is 0. The van der Waals surface area contributed by atoms with Crippen LogP contribution in [0.2, 0.25) is 0 Å². The van der Waals surface area contributed by atoms with Gasteiger partial charge in [-0.2, -0.15) is 5.10 Å². The first-order valence-corrected chi connectivity index (χ1v) is 8.19. The molecule has 0 aliphatic carbocycles.